The maximum atomic E-state index is 12.3. The zero-order valence-electron chi connectivity index (χ0n) is 14.6. The van der Waals surface area contributed by atoms with Gasteiger partial charge in [-0.05, 0) is 30.2 Å². The third-order valence-corrected chi connectivity index (χ3v) is 5.41. The first-order valence-electron chi connectivity index (χ1n) is 8.72. The topological polar surface area (TPSA) is 94.1 Å². The lowest BCUT2D eigenvalue weighted by Crippen LogP contribution is -2.44. The van der Waals surface area contributed by atoms with Crippen LogP contribution in [0, 0.1) is 5.92 Å². The molecular weight excluding hydrogens is 352 g/mol. The van der Waals surface area contributed by atoms with E-state index >= 15 is 0 Å². The van der Waals surface area contributed by atoms with Crippen molar-refractivity contribution in [1.29, 1.82) is 0 Å². The highest BCUT2D eigenvalue weighted by molar-refractivity contribution is 7.13. The number of nitrogens with zero attached hydrogens (tertiary/aromatic N) is 3. The quantitative estimate of drug-likeness (QED) is 0.710. The van der Waals surface area contributed by atoms with E-state index in [-0.39, 0.29) is 23.6 Å². The number of carbonyl (C=O) groups is 1. The third-order valence-electron chi connectivity index (χ3n) is 4.52. The van der Waals surface area contributed by atoms with Gasteiger partial charge in [-0.3, -0.25) is 4.79 Å². The molecule has 0 aliphatic heterocycles. The molecule has 1 amide bonds. The Balaban J connectivity index is 1.26. The van der Waals surface area contributed by atoms with E-state index in [1.165, 1.54) is 0 Å². The van der Waals surface area contributed by atoms with Gasteiger partial charge in [0.2, 0.25) is 17.5 Å². The summed E-state index contributed by atoms with van der Waals surface area (Å²) in [6.07, 6.45) is 2.56. The van der Waals surface area contributed by atoms with Gasteiger partial charge in [0.15, 0.2) is 0 Å². The fraction of sp³-hybridized carbons (Fsp3) is 0.444. The van der Waals surface area contributed by atoms with Crippen molar-refractivity contribution in [3.63, 3.8) is 0 Å². The molecule has 0 aromatic carbocycles. The van der Waals surface area contributed by atoms with Crippen LogP contribution >= 0.6 is 11.3 Å². The van der Waals surface area contributed by atoms with Crippen LogP contribution in [-0.2, 0) is 6.42 Å². The van der Waals surface area contributed by atoms with Crippen LogP contribution in [0.25, 0.3) is 10.6 Å². The molecule has 1 aliphatic carbocycles. The molecule has 7 nitrogen and oxygen atoms in total. The maximum absolute atomic E-state index is 12.3. The second kappa shape index (κ2) is 7.03. The molecule has 26 heavy (non-hydrogen) atoms. The minimum absolute atomic E-state index is 0.148. The molecule has 0 bridgehead atoms. The van der Waals surface area contributed by atoms with Gasteiger partial charge in [-0.2, -0.15) is 0 Å². The summed E-state index contributed by atoms with van der Waals surface area (Å²) in [5, 5.41) is 17.1. The summed E-state index contributed by atoms with van der Waals surface area (Å²) in [4.78, 5) is 13.3. The van der Waals surface area contributed by atoms with Gasteiger partial charge < -0.3 is 14.3 Å². The largest absolute Gasteiger partial charge is 0.425 e. The molecule has 1 aliphatic rings. The van der Waals surface area contributed by atoms with Gasteiger partial charge in [0.05, 0.1) is 4.88 Å². The van der Waals surface area contributed by atoms with Crippen molar-refractivity contribution in [1.82, 2.24) is 20.7 Å². The van der Waals surface area contributed by atoms with Crippen molar-refractivity contribution in [2.45, 2.75) is 45.1 Å². The van der Waals surface area contributed by atoms with E-state index in [9.17, 15) is 4.79 Å². The van der Waals surface area contributed by atoms with Crippen LogP contribution in [0.1, 0.15) is 54.9 Å². The molecular formula is C18H20N4O3S. The van der Waals surface area contributed by atoms with Crippen molar-refractivity contribution in [3.8, 4) is 10.6 Å². The fourth-order valence-electron chi connectivity index (χ4n) is 3.03. The van der Waals surface area contributed by atoms with Gasteiger partial charge in [0, 0.05) is 24.4 Å². The molecule has 0 atom stereocenters. The number of nitrogens with one attached hydrogen (secondary N) is 1. The Morgan fingerprint density at radius 3 is 2.92 bits per heavy atom. The molecule has 3 heterocycles. The predicted molar refractivity (Wildman–Crippen MR) is 95.9 cm³/mol. The highest BCUT2D eigenvalue weighted by atomic mass is 32.1. The Labute approximate surface area is 154 Å². The van der Waals surface area contributed by atoms with Crippen LogP contribution in [0.2, 0.25) is 0 Å². The summed E-state index contributed by atoms with van der Waals surface area (Å²) in [5.74, 6) is 2.08. The summed E-state index contributed by atoms with van der Waals surface area (Å²) < 4.78 is 10.8. The van der Waals surface area contributed by atoms with Gasteiger partial charge in [-0.15, -0.1) is 21.5 Å². The molecule has 0 spiro atoms. The van der Waals surface area contributed by atoms with Crippen LogP contribution in [0.3, 0.4) is 0 Å². The second-order valence-electron chi connectivity index (χ2n) is 6.95. The molecule has 3 aromatic heterocycles. The minimum Gasteiger partial charge on any atom is -0.425 e. The zero-order chi connectivity index (χ0) is 18.1. The Bertz CT molecular complexity index is 878. The van der Waals surface area contributed by atoms with E-state index in [2.05, 4.69) is 20.7 Å². The van der Waals surface area contributed by atoms with E-state index in [1.54, 1.807) is 17.4 Å². The van der Waals surface area contributed by atoms with Crippen LogP contribution < -0.4 is 5.32 Å². The Morgan fingerprint density at radius 2 is 2.23 bits per heavy atom. The number of rotatable bonds is 6. The molecule has 8 heteroatoms. The normalized spacial score (nSPS) is 19.5. The molecule has 3 aromatic rings. The zero-order valence-corrected chi connectivity index (χ0v) is 15.5. The maximum Gasteiger partial charge on any atom is 0.290 e. The Morgan fingerprint density at radius 1 is 1.38 bits per heavy atom. The standard InChI is InChI=1S/C18H20N4O3S/c1-10(2)18-21-20-16(24-18)8-11-6-12(7-11)19-17(23)14-9-13(22-25-14)15-4-3-5-26-15/h3-5,9-12H,6-8H2,1-2H3,(H,19,23)/t11-,12-. The summed E-state index contributed by atoms with van der Waals surface area (Å²) in [7, 11) is 0. The first kappa shape index (κ1) is 17.0. The van der Waals surface area contributed by atoms with E-state index in [0.717, 1.165) is 24.1 Å². The monoisotopic (exact) mass is 372 g/mol. The lowest BCUT2D eigenvalue weighted by atomic mass is 9.78. The Hall–Kier alpha value is -2.48. The second-order valence-corrected chi connectivity index (χ2v) is 7.90. The Kier molecular flexibility index (Phi) is 4.58. The minimum atomic E-state index is -0.219. The molecule has 0 saturated heterocycles. The average molecular weight is 372 g/mol. The predicted octanol–water partition coefficient (Wildman–Crippen LogP) is 3.66. The third kappa shape index (κ3) is 3.55. The highest BCUT2D eigenvalue weighted by Gasteiger charge is 2.32. The molecule has 1 N–H and O–H groups in total. The van der Waals surface area contributed by atoms with Crippen molar-refractivity contribution >= 4 is 17.2 Å². The van der Waals surface area contributed by atoms with Gasteiger partial charge in [0.1, 0.15) is 5.69 Å². The number of hydrogen-bond donors (Lipinski definition) is 1. The fourth-order valence-corrected chi connectivity index (χ4v) is 3.71. The molecule has 1 saturated carbocycles. The molecule has 4 rings (SSSR count). The van der Waals surface area contributed by atoms with Crippen LogP contribution in [0.5, 0.6) is 0 Å². The lowest BCUT2D eigenvalue weighted by molar-refractivity contribution is 0.0849. The molecule has 136 valence electrons. The van der Waals surface area contributed by atoms with E-state index in [1.807, 2.05) is 31.4 Å². The summed E-state index contributed by atoms with van der Waals surface area (Å²) in [5.41, 5.74) is 0.689. The number of thiophene rings is 1. The molecule has 1 fully saturated rings. The first-order chi connectivity index (χ1) is 12.6. The number of carbonyl (C=O) groups excluding carboxylic acids is 1. The number of amides is 1. The smallest absolute Gasteiger partial charge is 0.290 e. The van der Waals surface area contributed by atoms with E-state index < -0.39 is 0 Å². The average Bonchev–Trinajstić information content (AvgIpc) is 3.32. The number of hydrogen-bond acceptors (Lipinski definition) is 7. The summed E-state index contributed by atoms with van der Waals surface area (Å²) in [6.45, 7) is 4.05. The summed E-state index contributed by atoms with van der Waals surface area (Å²) in [6, 6.07) is 5.72. The molecule has 0 unspecified atom stereocenters. The van der Waals surface area contributed by atoms with Gasteiger partial charge in [0.25, 0.3) is 5.91 Å². The van der Waals surface area contributed by atoms with Gasteiger partial charge in [-0.25, -0.2) is 0 Å². The van der Waals surface area contributed by atoms with Crippen molar-refractivity contribution in [2.24, 2.45) is 5.92 Å². The molecule has 0 radical (unpaired) electrons. The summed E-state index contributed by atoms with van der Waals surface area (Å²) >= 11 is 1.56. The van der Waals surface area contributed by atoms with Crippen molar-refractivity contribution < 1.29 is 13.7 Å². The van der Waals surface area contributed by atoms with E-state index in [0.29, 0.717) is 23.4 Å². The van der Waals surface area contributed by atoms with Crippen LogP contribution in [-0.4, -0.2) is 27.3 Å². The van der Waals surface area contributed by atoms with E-state index in [4.69, 9.17) is 8.94 Å². The van der Waals surface area contributed by atoms with Gasteiger partial charge in [-0.1, -0.05) is 25.1 Å². The highest BCUT2D eigenvalue weighted by Crippen LogP contribution is 2.31. The van der Waals surface area contributed by atoms with Crippen molar-refractivity contribution in [3.05, 3.63) is 41.1 Å². The number of aromatic nitrogens is 3. The SMILES string of the molecule is CC(C)c1nnc(C[C@H]2C[C@H](NC(=O)c3cc(-c4cccs4)no3)C2)o1. The van der Waals surface area contributed by atoms with Gasteiger partial charge >= 0.3 is 0 Å². The van der Waals surface area contributed by atoms with Crippen molar-refractivity contribution in [2.75, 3.05) is 0 Å². The first-order valence-corrected chi connectivity index (χ1v) is 9.60. The van der Waals surface area contributed by atoms with Crippen LogP contribution in [0.4, 0.5) is 0 Å². The van der Waals surface area contributed by atoms with Crippen LogP contribution in [0.15, 0.2) is 32.5 Å². The lowest BCUT2D eigenvalue weighted by Gasteiger charge is -2.34.